The minimum absolute atomic E-state index is 0.147. The van der Waals surface area contributed by atoms with Crippen LogP contribution in [0.1, 0.15) is 12.8 Å². The van der Waals surface area contributed by atoms with Crippen molar-refractivity contribution < 1.29 is 24.2 Å². The highest BCUT2D eigenvalue weighted by Gasteiger charge is 2.38. The van der Waals surface area contributed by atoms with Crippen molar-refractivity contribution in [2.24, 2.45) is 0 Å². The molecule has 0 spiro atoms. The van der Waals surface area contributed by atoms with E-state index in [1.54, 1.807) is 12.1 Å². The summed E-state index contributed by atoms with van der Waals surface area (Å²) in [4.78, 5) is 22.8. The van der Waals surface area contributed by atoms with Gasteiger partial charge >= 0.3 is 5.97 Å². The lowest BCUT2D eigenvalue weighted by atomic mass is 9.94. The van der Waals surface area contributed by atoms with Crippen LogP contribution in [0.4, 0.5) is 0 Å². The number of rotatable bonds is 6. The maximum Gasteiger partial charge on any atom is 0.305 e. The average Bonchev–Trinajstić information content (AvgIpc) is 2.85. The molecule has 1 fully saturated rings. The van der Waals surface area contributed by atoms with Crippen LogP contribution in [0, 0.1) is 0 Å². The van der Waals surface area contributed by atoms with Crippen LogP contribution < -0.4 is 10.1 Å². The number of nitrogens with one attached hydrogen (secondary N) is 1. The Morgan fingerprint density at radius 3 is 2.70 bits per heavy atom. The standard InChI is InChI=1S/C14H17NO5/c16-12(9-20-11-4-2-1-3-5-11)15-14(8-13(17)18)6-7-19-10-14/h1-5H,6-10H2,(H,15,16)(H,17,18). The molecule has 1 heterocycles. The lowest BCUT2D eigenvalue weighted by molar-refractivity contribution is -0.139. The lowest BCUT2D eigenvalue weighted by Crippen LogP contribution is -2.51. The summed E-state index contributed by atoms with van der Waals surface area (Å²) in [6.07, 6.45) is 0.348. The number of carbonyl (C=O) groups is 2. The Kier molecular flexibility index (Phi) is 4.57. The Labute approximate surface area is 116 Å². The van der Waals surface area contributed by atoms with Crippen molar-refractivity contribution in [3.63, 3.8) is 0 Å². The van der Waals surface area contributed by atoms with Gasteiger partial charge < -0.3 is 19.9 Å². The van der Waals surface area contributed by atoms with Gasteiger partial charge in [0.15, 0.2) is 6.61 Å². The average molecular weight is 279 g/mol. The summed E-state index contributed by atoms with van der Waals surface area (Å²) in [6.45, 7) is 0.523. The summed E-state index contributed by atoms with van der Waals surface area (Å²) in [7, 11) is 0. The van der Waals surface area contributed by atoms with Gasteiger partial charge in [-0.15, -0.1) is 0 Å². The molecule has 108 valence electrons. The molecule has 1 saturated heterocycles. The molecule has 1 atom stereocenters. The predicted molar refractivity (Wildman–Crippen MR) is 70.5 cm³/mol. The van der Waals surface area contributed by atoms with Gasteiger partial charge in [0.05, 0.1) is 18.6 Å². The highest BCUT2D eigenvalue weighted by molar-refractivity contribution is 5.79. The molecule has 1 unspecified atom stereocenters. The summed E-state index contributed by atoms with van der Waals surface area (Å²) in [5.41, 5.74) is -0.817. The minimum Gasteiger partial charge on any atom is -0.484 e. The minimum atomic E-state index is -0.959. The highest BCUT2D eigenvalue weighted by Crippen LogP contribution is 2.22. The maximum atomic E-state index is 11.9. The number of para-hydroxylation sites is 1. The Balaban J connectivity index is 1.87. The fraction of sp³-hybridized carbons (Fsp3) is 0.429. The van der Waals surface area contributed by atoms with Crippen molar-refractivity contribution in [1.82, 2.24) is 5.32 Å². The molecule has 1 amide bonds. The number of carboxylic acids is 1. The second-order valence-electron chi connectivity index (χ2n) is 4.80. The number of carbonyl (C=O) groups excluding carboxylic acids is 1. The third-order valence-corrected chi connectivity index (χ3v) is 3.11. The first-order chi connectivity index (χ1) is 9.60. The zero-order chi connectivity index (χ0) is 14.4. The molecule has 0 aromatic heterocycles. The number of carboxylic acid groups (broad SMARTS) is 1. The molecule has 1 aromatic carbocycles. The van der Waals surface area contributed by atoms with E-state index in [0.717, 1.165) is 0 Å². The van der Waals surface area contributed by atoms with Crippen LogP contribution >= 0.6 is 0 Å². The van der Waals surface area contributed by atoms with Crippen molar-refractivity contribution in [2.45, 2.75) is 18.4 Å². The fourth-order valence-electron chi connectivity index (χ4n) is 2.18. The molecule has 1 aliphatic rings. The molecule has 20 heavy (non-hydrogen) atoms. The summed E-state index contributed by atoms with van der Waals surface area (Å²) < 4.78 is 10.5. The van der Waals surface area contributed by atoms with E-state index in [1.807, 2.05) is 18.2 Å². The van der Waals surface area contributed by atoms with Crippen LogP contribution in [0.5, 0.6) is 5.75 Å². The van der Waals surface area contributed by atoms with Crippen LogP contribution in [0.3, 0.4) is 0 Å². The zero-order valence-electron chi connectivity index (χ0n) is 11.0. The predicted octanol–water partition coefficient (Wildman–Crippen LogP) is 0.815. The Hall–Kier alpha value is -2.08. The van der Waals surface area contributed by atoms with Gasteiger partial charge in [-0.1, -0.05) is 18.2 Å². The van der Waals surface area contributed by atoms with E-state index in [4.69, 9.17) is 14.6 Å². The molecule has 2 N–H and O–H groups in total. The van der Waals surface area contributed by atoms with Gasteiger partial charge in [0.2, 0.25) is 0 Å². The number of benzene rings is 1. The highest BCUT2D eigenvalue weighted by atomic mass is 16.5. The van der Waals surface area contributed by atoms with Crippen LogP contribution in [0.2, 0.25) is 0 Å². The van der Waals surface area contributed by atoms with E-state index in [0.29, 0.717) is 18.8 Å². The summed E-state index contributed by atoms with van der Waals surface area (Å²) in [5, 5.41) is 11.6. The maximum absolute atomic E-state index is 11.9. The molecule has 6 nitrogen and oxygen atoms in total. The summed E-state index contributed by atoms with van der Waals surface area (Å²) in [6, 6.07) is 8.97. The topological polar surface area (TPSA) is 84.9 Å². The third-order valence-electron chi connectivity index (χ3n) is 3.11. The first-order valence-corrected chi connectivity index (χ1v) is 6.38. The molecule has 0 radical (unpaired) electrons. The number of amides is 1. The third kappa shape index (κ3) is 3.96. The molecule has 0 bridgehead atoms. The second-order valence-corrected chi connectivity index (χ2v) is 4.80. The molecular formula is C14H17NO5. The summed E-state index contributed by atoms with van der Waals surface area (Å²) >= 11 is 0. The van der Waals surface area contributed by atoms with Gasteiger partial charge in [-0.3, -0.25) is 9.59 Å². The summed E-state index contributed by atoms with van der Waals surface area (Å²) in [5.74, 6) is -0.710. The van der Waals surface area contributed by atoms with Gasteiger partial charge in [0, 0.05) is 6.61 Å². The number of ether oxygens (including phenoxy) is 2. The van der Waals surface area contributed by atoms with Gasteiger partial charge in [-0.25, -0.2) is 0 Å². The molecular weight excluding hydrogens is 262 g/mol. The first-order valence-electron chi connectivity index (χ1n) is 6.38. The van der Waals surface area contributed by atoms with Crippen LogP contribution in [0.15, 0.2) is 30.3 Å². The van der Waals surface area contributed by atoms with Gasteiger partial charge in [-0.05, 0) is 18.6 Å². The molecule has 0 saturated carbocycles. The zero-order valence-corrected chi connectivity index (χ0v) is 11.0. The van der Waals surface area contributed by atoms with Crippen molar-refractivity contribution in [3.8, 4) is 5.75 Å². The number of aliphatic carboxylic acids is 1. The molecule has 1 aliphatic heterocycles. The molecule has 0 aliphatic carbocycles. The van der Waals surface area contributed by atoms with E-state index in [-0.39, 0.29) is 25.5 Å². The van der Waals surface area contributed by atoms with Crippen molar-refractivity contribution in [2.75, 3.05) is 19.8 Å². The second kappa shape index (κ2) is 6.38. The van der Waals surface area contributed by atoms with Gasteiger partial charge in [0.25, 0.3) is 5.91 Å². The number of hydrogen-bond acceptors (Lipinski definition) is 4. The largest absolute Gasteiger partial charge is 0.484 e. The fourth-order valence-corrected chi connectivity index (χ4v) is 2.18. The Morgan fingerprint density at radius 2 is 2.10 bits per heavy atom. The smallest absolute Gasteiger partial charge is 0.305 e. The van der Waals surface area contributed by atoms with Crippen LogP contribution in [-0.2, 0) is 14.3 Å². The van der Waals surface area contributed by atoms with Gasteiger partial charge in [0.1, 0.15) is 5.75 Å². The monoisotopic (exact) mass is 279 g/mol. The quantitative estimate of drug-likeness (QED) is 0.805. The molecule has 2 rings (SSSR count). The van der Waals surface area contributed by atoms with Crippen molar-refractivity contribution in [1.29, 1.82) is 0 Å². The van der Waals surface area contributed by atoms with Crippen molar-refractivity contribution in [3.05, 3.63) is 30.3 Å². The first kappa shape index (κ1) is 14.3. The lowest BCUT2D eigenvalue weighted by Gasteiger charge is -2.26. The van der Waals surface area contributed by atoms with Crippen LogP contribution in [0.25, 0.3) is 0 Å². The number of hydrogen-bond donors (Lipinski definition) is 2. The Morgan fingerprint density at radius 1 is 1.35 bits per heavy atom. The van der Waals surface area contributed by atoms with Gasteiger partial charge in [-0.2, -0.15) is 0 Å². The van der Waals surface area contributed by atoms with E-state index in [2.05, 4.69) is 5.32 Å². The van der Waals surface area contributed by atoms with E-state index >= 15 is 0 Å². The van der Waals surface area contributed by atoms with E-state index < -0.39 is 11.5 Å². The van der Waals surface area contributed by atoms with E-state index in [9.17, 15) is 9.59 Å². The SMILES string of the molecule is O=C(O)CC1(NC(=O)COc2ccccc2)CCOC1. The van der Waals surface area contributed by atoms with E-state index in [1.165, 1.54) is 0 Å². The normalized spacial score (nSPS) is 21.4. The molecule has 6 heteroatoms. The van der Waals surface area contributed by atoms with Crippen molar-refractivity contribution >= 4 is 11.9 Å². The molecule has 1 aromatic rings. The Bertz CT molecular complexity index is 468. The van der Waals surface area contributed by atoms with Crippen LogP contribution in [-0.4, -0.2) is 42.3 Å².